The maximum absolute atomic E-state index is 12.4. The Balaban J connectivity index is 1.87. The molecular weight excluding hydrogens is 293 g/mol. The summed E-state index contributed by atoms with van der Waals surface area (Å²) in [4.78, 5) is 5.93. The van der Waals surface area contributed by atoms with Gasteiger partial charge in [0.25, 0.3) is 0 Å². The van der Waals surface area contributed by atoms with Crippen molar-refractivity contribution in [2.75, 3.05) is 13.1 Å². The van der Waals surface area contributed by atoms with E-state index in [0.717, 1.165) is 5.56 Å². The number of piperidine rings is 1. The zero-order valence-electron chi connectivity index (χ0n) is 10.8. The van der Waals surface area contributed by atoms with Crippen molar-refractivity contribution in [2.45, 2.75) is 31.7 Å². The molecule has 0 spiro atoms. The average molecular weight is 309 g/mol. The Morgan fingerprint density at radius 1 is 1.40 bits per heavy atom. The summed E-state index contributed by atoms with van der Waals surface area (Å²) >= 11 is 6.00. The first-order valence-electron chi connectivity index (χ1n) is 6.43. The standard InChI is InChI=1S/C13H16ClF3N2O/c14-11-7-18-4-1-10(11)8-19-5-2-9(3-6-19)12(20)13(15,16)17/h1,4,7,9,12,20H,2-3,5-6,8H2. The van der Waals surface area contributed by atoms with Crippen LogP contribution >= 0.6 is 11.6 Å². The van der Waals surface area contributed by atoms with Crippen molar-refractivity contribution in [3.63, 3.8) is 0 Å². The molecule has 0 radical (unpaired) electrons. The van der Waals surface area contributed by atoms with Crippen LogP contribution in [0.2, 0.25) is 5.02 Å². The van der Waals surface area contributed by atoms with Gasteiger partial charge in [-0.1, -0.05) is 11.6 Å². The van der Waals surface area contributed by atoms with Gasteiger partial charge in [0.05, 0.1) is 5.02 Å². The monoisotopic (exact) mass is 308 g/mol. The molecule has 1 aromatic heterocycles. The lowest BCUT2D eigenvalue weighted by atomic mass is 9.90. The highest BCUT2D eigenvalue weighted by molar-refractivity contribution is 6.31. The van der Waals surface area contributed by atoms with Crippen molar-refractivity contribution in [3.05, 3.63) is 29.0 Å². The molecule has 1 aliphatic heterocycles. The van der Waals surface area contributed by atoms with Gasteiger partial charge < -0.3 is 5.11 Å². The van der Waals surface area contributed by atoms with Gasteiger partial charge in [0, 0.05) is 18.9 Å². The second-order valence-corrected chi connectivity index (χ2v) is 5.47. The number of aromatic nitrogens is 1. The summed E-state index contributed by atoms with van der Waals surface area (Å²) in [5.41, 5.74) is 0.913. The first kappa shape index (κ1) is 15.5. The number of alkyl halides is 3. The number of likely N-dealkylation sites (tertiary alicyclic amines) is 1. The maximum Gasteiger partial charge on any atom is 0.414 e. The number of rotatable bonds is 3. The molecule has 0 aromatic carbocycles. The quantitative estimate of drug-likeness (QED) is 0.933. The molecule has 20 heavy (non-hydrogen) atoms. The van der Waals surface area contributed by atoms with E-state index in [2.05, 4.69) is 4.98 Å². The number of aliphatic hydroxyl groups excluding tert-OH is 1. The lowest BCUT2D eigenvalue weighted by Crippen LogP contribution is -2.43. The molecule has 7 heteroatoms. The van der Waals surface area contributed by atoms with Gasteiger partial charge >= 0.3 is 6.18 Å². The fraction of sp³-hybridized carbons (Fsp3) is 0.615. The molecule has 0 amide bonds. The van der Waals surface area contributed by atoms with Crippen molar-refractivity contribution in [1.82, 2.24) is 9.88 Å². The summed E-state index contributed by atoms with van der Waals surface area (Å²) in [6.45, 7) is 1.64. The van der Waals surface area contributed by atoms with Crippen LogP contribution in [0.25, 0.3) is 0 Å². The number of pyridine rings is 1. The van der Waals surface area contributed by atoms with Crippen LogP contribution in [-0.4, -0.2) is 40.4 Å². The minimum Gasteiger partial charge on any atom is -0.383 e. The van der Waals surface area contributed by atoms with Crippen LogP contribution in [0.15, 0.2) is 18.5 Å². The van der Waals surface area contributed by atoms with Gasteiger partial charge in [-0.05, 0) is 43.5 Å². The normalized spacial score (nSPS) is 20.1. The lowest BCUT2D eigenvalue weighted by Gasteiger charge is -2.34. The van der Waals surface area contributed by atoms with Gasteiger partial charge in [0.2, 0.25) is 0 Å². The van der Waals surface area contributed by atoms with Gasteiger partial charge in [0.15, 0.2) is 6.10 Å². The molecule has 1 aromatic rings. The predicted molar refractivity (Wildman–Crippen MR) is 69.3 cm³/mol. The predicted octanol–water partition coefficient (Wildman–Crippen LogP) is 2.87. The van der Waals surface area contributed by atoms with Crippen LogP contribution in [0, 0.1) is 5.92 Å². The zero-order chi connectivity index (χ0) is 14.8. The Kier molecular flexibility index (Phi) is 4.88. The Labute approximate surface area is 120 Å². The summed E-state index contributed by atoms with van der Waals surface area (Å²) < 4.78 is 37.3. The molecule has 1 saturated heterocycles. The lowest BCUT2D eigenvalue weighted by molar-refractivity contribution is -0.223. The summed E-state index contributed by atoms with van der Waals surface area (Å²) in [6, 6.07) is 1.80. The van der Waals surface area contributed by atoms with Crippen molar-refractivity contribution in [3.8, 4) is 0 Å². The second-order valence-electron chi connectivity index (χ2n) is 5.07. The Morgan fingerprint density at radius 2 is 2.05 bits per heavy atom. The highest BCUT2D eigenvalue weighted by Gasteiger charge is 2.44. The second kappa shape index (κ2) is 6.28. The summed E-state index contributed by atoms with van der Waals surface area (Å²) in [5, 5.41) is 9.82. The van der Waals surface area contributed by atoms with E-state index in [9.17, 15) is 18.3 Å². The number of aliphatic hydroxyl groups is 1. The van der Waals surface area contributed by atoms with Gasteiger partial charge in [-0.25, -0.2) is 0 Å². The smallest absolute Gasteiger partial charge is 0.383 e. The average Bonchev–Trinajstić information content (AvgIpc) is 2.40. The summed E-state index contributed by atoms with van der Waals surface area (Å²) in [6.07, 6.45) is -2.87. The largest absolute Gasteiger partial charge is 0.414 e. The molecular formula is C13H16ClF3N2O. The maximum atomic E-state index is 12.4. The molecule has 1 fully saturated rings. The molecule has 2 heterocycles. The van der Waals surface area contributed by atoms with E-state index < -0.39 is 18.2 Å². The molecule has 1 aliphatic rings. The molecule has 0 bridgehead atoms. The first-order valence-corrected chi connectivity index (χ1v) is 6.81. The van der Waals surface area contributed by atoms with Gasteiger partial charge in [0.1, 0.15) is 0 Å². The van der Waals surface area contributed by atoms with Crippen molar-refractivity contribution in [2.24, 2.45) is 5.92 Å². The van der Waals surface area contributed by atoms with E-state index in [0.29, 0.717) is 37.5 Å². The third-order valence-corrected chi connectivity index (χ3v) is 4.00. The van der Waals surface area contributed by atoms with Crippen LogP contribution in [0.4, 0.5) is 13.2 Å². The van der Waals surface area contributed by atoms with E-state index >= 15 is 0 Å². The first-order chi connectivity index (χ1) is 9.38. The topological polar surface area (TPSA) is 36.4 Å². The van der Waals surface area contributed by atoms with E-state index in [1.54, 1.807) is 18.5 Å². The van der Waals surface area contributed by atoms with Gasteiger partial charge in [-0.3, -0.25) is 9.88 Å². The molecule has 0 saturated carbocycles. The van der Waals surface area contributed by atoms with E-state index in [-0.39, 0.29) is 0 Å². The number of hydrogen-bond donors (Lipinski definition) is 1. The number of nitrogens with zero attached hydrogens (tertiary/aromatic N) is 2. The molecule has 0 aliphatic carbocycles. The van der Waals surface area contributed by atoms with E-state index in [4.69, 9.17) is 11.6 Å². The highest BCUT2D eigenvalue weighted by Crippen LogP contribution is 2.32. The Hall–Kier alpha value is -0.850. The molecule has 2 rings (SSSR count). The third kappa shape index (κ3) is 3.84. The SMILES string of the molecule is OC(C1CCN(Cc2ccncc2Cl)CC1)C(F)(F)F. The molecule has 3 nitrogen and oxygen atoms in total. The van der Waals surface area contributed by atoms with Gasteiger partial charge in [-0.2, -0.15) is 13.2 Å². The summed E-state index contributed by atoms with van der Waals surface area (Å²) in [7, 11) is 0. The minimum absolute atomic E-state index is 0.337. The number of hydrogen-bond acceptors (Lipinski definition) is 3. The molecule has 112 valence electrons. The fourth-order valence-electron chi connectivity index (χ4n) is 2.47. The third-order valence-electron chi connectivity index (χ3n) is 3.66. The Bertz CT molecular complexity index is 447. The molecule has 1 N–H and O–H groups in total. The molecule has 1 atom stereocenters. The van der Waals surface area contributed by atoms with Crippen LogP contribution in [0.3, 0.4) is 0 Å². The zero-order valence-corrected chi connectivity index (χ0v) is 11.5. The van der Waals surface area contributed by atoms with Crippen molar-refractivity contribution >= 4 is 11.6 Å². The van der Waals surface area contributed by atoms with Crippen LogP contribution in [0.1, 0.15) is 18.4 Å². The van der Waals surface area contributed by atoms with E-state index in [1.165, 1.54) is 0 Å². The highest BCUT2D eigenvalue weighted by atomic mass is 35.5. The van der Waals surface area contributed by atoms with Crippen LogP contribution < -0.4 is 0 Å². The Morgan fingerprint density at radius 3 is 2.60 bits per heavy atom. The summed E-state index contributed by atoms with van der Waals surface area (Å²) in [5.74, 6) is -0.709. The van der Waals surface area contributed by atoms with Crippen LogP contribution in [0.5, 0.6) is 0 Å². The van der Waals surface area contributed by atoms with Gasteiger partial charge in [-0.15, -0.1) is 0 Å². The van der Waals surface area contributed by atoms with Crippen LogP contribution in [-0.2, 0) is 6.54 Å². The molecule has 1 unspecified atom stereocenters. The number of halogens is 4. The minimum atomic E-state index is -4.53. The fourth-order valence-corrected chi connectivity index (χ4v) is 2.65. The van der Waals surface area contributed by atoms with Crippen molar-refractivity contribution < 1.29 is 18.3 Å². The van der Waals surface area contributed by atoms with E-state index in [1.807, 2.05) is 4.90 Å². The van der Waals surface area contributed by atoms with Crippen molar-refractivity contribution in [1.29, 1.82) is 0 Å².